The fourth-order valence-corrected chi connectivity index (χ4v) is 7.97. The van der Waals surface area contributed by atoms with Gasteiger partial charge >= 0.3 is 0 Å². The third-order valence-corrected chi connectivity index (χ3v) is 9.08. The third-order valence-electron chi connectivity index (χ3n) is 4.63. The number of benzene rings is 1. The summed E-state index contributed by atoms with van der Waals surface area (Å²) in [4.78, 5) is 2.62. The zero-order valence-corrected chi connectivity index (χ0v) is 15.6. The SMILES string of the molecule is CC(C)[CH2][Al-]([CH2]CCN1CCc2ccccc21)[CH2]C(C)C. The largest absolute Gasteiger partial charge is 0.371 e. The van der Waals surface area contributed by atoms with Crippen molar-refractivity contribution in [3.8, 4) is 0 Å². The van der Waals surface area contributed by atoms with Gasteiger partial charge in [-0.25, -0.2) is 15.8 Å². The zero-order chi connectivity index (χ0) is 15.2. The van der Waals surface area contributed by atoms with E-state index in [9.17, 15) is 0 Å². The Morgan fingerprint density at radius 2 is 1.71 bits per heavy atom. The molecule has 1 aliphatic rings. The maximum Gasteiger partial charge on any atom is 0.0399 e. The van der Waals surface area contributed by atoms with Crippen molar-refractivity contribution >= 4 is 19.8 Å². The van der Waals surface area contributed by atoms with Crippen LogP contribution in [-0.4, -0.2) is 27.2 Å². The van der Waals surface area contributed by atoms with Gasteiger partial charge in [0.25, 0.3) is 0 Å². The second kappa shape index (κ2) is 8.26. The molecule has 0 saturated carbocycles. The van der Waals surface area contributed by atoms with Gasteiger partial charge in [-0.1, -0.05) is 64.2 Å². The van der Waals surface area contributed by atoms with E-state index in [0.717, 1.165) is 11.8 Å². The van der Waals surface area contributed by atoms with Crippen LogP contribution in [0.4, 0.5) is 5.69 Å². The Morgan fingerprint density at radius 1 is 1.05 bits per heavy atom. The van der Waals surface area contributed by atoms with Gasteiger partial charge in [-0.15, -0.1) is 0 Å². The van der Waals surface area contributed by atoms with Gasteiger partial charge in [0.15, 0.2) is 0 Å². The number of fused-ring (bicyclic) bond motifs is 1. The predicted molar refractivity (Wildman–Crippen MR) is 96.8 cm³/mol. The predicted octanol–water partition coefficient (Wildman–Crippen LogP) is 5.25. The van der Waals surface area contributed by atoms with E-state index in [1.54, 1.807) is 5.56 Å². The average Bonchev–Trinajstić information content (AvgIpc) is 2.81. The van der Waals surface area contributed by atoms with Crippen molar-refractivity contribution < 1.29 is 0 Å². The van der Waals surface area contributed by atoms with E-state index in [1.165, 1.54) is 47.5 Å². The lowest BCUT2D eigenvalue weighted by molar-refractivity contribution is 0.681. The molecule has 0 spiro atoms. The summed E-state index contributed by atoms with van der Waals surface area (Å²) in [7, 11) is 0. The number of rotatable bonds is 8. The number of hydrogen-bond donors (Lipinski definition) is 0. The van der Waals surface area contributed by atoms with Crippen LogP contribution in [0.15, 0.2) is 24.3 Å². The van der Waals surface area contributed by atoms with Gasteiger partial charge in [0, 0.05) is 18.8 Å². The first-order valence-electron chi connectivity index (χ1n) is 8.89. The highest BCUT2D eigenvalue weighted by Crippen LogP contribution is 2.28. The average molecular weight is 301 g/mol. The molecule has 0 aromatic heterocycles. The number of anilines is 1. The lowest BCUT2D eigenvalue weighted by atomic mass is 10.2. The van der Waals surface area contributed by atoms with Crippen molar-refractivity contribution in [2.24, 2.45) is 11.8 Å². The zero-order valence-electron chi connectivity index (χ0n) is 14.4. The molecule has 1 radical (unpaired) electrons. The van der Waals surface area contributed by atoms with E-state index < -0.39 is 14.1 Å². The molecular formula is C19H32AlN-. The molecule has 117 valence electrons. The van der Waals surface area contributed by atoms with Gasteiger partial charge in [-0.3, -0.25) is 0 Å². The van der Waals surface area contributed by atoms with Crippen LogP contribution in [0.25, 0.3) is 0 Å². The molecule has 1 aromatic rings. The first kappa shape index (κ1) is 16.9. The Bertz CT molecular complexity index is 417. The molecule has 0 amide bonds. The molecule has 0 N–H and O–H groups in total. The van der Waals surface area contributed by atoms with E-state index >= 15 is 0 Å². The standard InChI is InChI=1S/C11H14N.2C4H9.Al/c1-2-8-12-9-7-10-5-3-4-6-11(10)12;2*1-4(2)3;/h3-6H,1-2,7-9H2;2*4H,1H2,2-3H3;/q;;;-1. The van der Waals surface area contributed by atoms with Crippen molar-refractivity contribution in [1.29, 1.82) is 0 Å². The Labute approximate surface area is 136 Å². The molecule has 21 heavy (non-hydrogen) atoms. The second-order valence-electron chi connectivity index (χ2n) is 7.63. The van der Waals surface area contributed by atoms with E-state index in [4.69, 9.17) is 0 Å². The highest BCUT2D eigenvalue weighted by Gasteiger charge is 2.17. The van der Waals surface area contributed by atoms with Crippen LogP contribution in [-0.2, 0) is 6.42 Å². The van der Waals surface area contributed by atoms with Crippen LogP contribution in [0, 0.1) is 11.8 Å². The molecule has 0 atom stereocenters. The minimum Gasteiger partial charge on any atom is -0.371 e. The van der Waals surface area contributed by atoms with Crippen LogP contribution in [0.5, 0.6) is 0 Å². The fraction of sp³-hybridized carbons (Fsp3) is 0.684. The molecule has 2 heteroatoms. The van der Waals surface area contributed by atoms with Gasteiger partial charge in [-0.2, -0.15) is 0 Å². The van der Waals surface area contributed by atoms with Gasteiger partial charge < -0.3 is 4.90 Å². The molecule has 0 fully saturated rings. The van der Waals surface area contributed by atoms with Crippen molar-refractivity contribution in [3.05, 3.63) is 29.8 Å². The lowest BCUT2D eigenvalue weighted by Gasteiger charge is -2.30. The van der Waals surface area contributed by atoms with Gasteiger partial charge in [0.1, 0.15) is 0 Å². The lowest BCUT2D eigenvalue weighted by Crippen LogP contribution is -2.24. The van der Waals surface area contributed by atoms with E-state index in [0.29, 0.717) is 0 Å². The van der Waals surface area contributed by atoms with Crippen molar-refractivity contribution in [3.63, 3.8) is 0 Å². The second-order valence-corrected chi connectivity index (χ2v) is 10.9. The normalized spacial score (nSPS) is 14.5. The minimum atomic E-state index is -0.523. The van der Waals surface area contributed by atoms with Crippen LogP contribution < -0.4 is 4.90 Å². The molecule has 1 aromatic carbocycles. The molecule has 1 heterocycles. The van der Waals surface area contributed by atoms with Crippen LogP contribution in [0.3, 0.4) is 0 Å². The topological polar surface area (TPSA) is 3.24 Å². The van der Waals surface area contributed by atoms with Crippen LogP contribution in [0.1, 0.15) is 39.7 Å². The van der Waals surface area contributed by atoms with Crippen LogP contribution in [0.2, 0.25) is 15.8 Å². The Hall–Kier alpha value is -0.448. The fourth-order valence-electron chi connectivity index (χ4n) is 3.87. The molecular weight excluding hydrogens is 269 g/mol. The summed E-state index contributed by atoms with van der Waals surface area (Å²) in [6, 6.07) is 8.96. The molecule has 2 rings (SSSR count). The summed E-state index contributed by atoms with van der Waals surface area (Å²) in [6.45, 7) is 12.1. The van der Waals surface area contributed by atoms with Crippen molar-refractivity contribution in [2.75, 3.05) is 18.0 Å². The summed E-state index contributed by atoms with van der Waals surface area (Å²) in [6.07, 6.45) is 2.65. The van der Waals surface area contributed by atoms with E-state index in [2.05, 4.69) is 56.9 Å². The molecule has 0 aliphatic carbocycles. The summed E-state index contributed by atoms with van der Waals surface area (Å²) in [5.41, 5.74) is 3.05. The Balaban J connectivity index is 1.80. The molecule has 0 bridgehead atoms. The Morgan fingerprint density at radius 3 is 2.38 bits per heavy atom. The maximum absolute atomic E-state index is 2.62. The first-order valence-corrected chi connectivity index (χ1v) is 11.3. The van der Waals surface area contributed by atoms with Gasteiger partial charge in [0.05, 0.1) is 0 Å². The third kappa shape index (κ3) is 5.35. The minimum absolute atomic E-state index is 0.523. The number of hydrogen-bond acceptors (Lipinski definition) is 1. The molecule has 1 nitrogen and oxygen atoms in total. The quantitative estimate of drug-likeness (QED) is 0.593. The van der Waals surface area contributed by atoms with Gasteiger partial charge in [0.2, 0.25) is 0 Å². The van der Waals surface area contributed by atoms with Crippen LogP contribution >= 0.6 is 0 Å². The summed E-state index contributed by atoms with van der Waals surface area (Å²) in [5, 5.41) is 4.61. The van der Waals surface area contributed by atoms with E-state index in [1.807, 2.05) is 0 Å². The summed E-state index contributed by atoms with van der Waals surface area (Å²) < 4.78 is 0. The monoisotopic (exact) mass is 301 g/mol. The van der Waals surface area contributed by atoms with E-state index in [-0.39, 0.29) is 0 Å². The summed E-state index contributed by atoms with van der Waals surface area (Å²) in [5.74, 6) is 1.79. The van der Waals surface area contributed by atoms with Crippen molar-refractivity contribution in [2.45, 2.75) is 56.4 Å². The smallest absolute Gasteiger partial charge is 0.0399 e. The molecule has 0 saturated heterocycles. The summed E-state index contributed by atoms with van der Waals surface area (Å²) >= 11 is -0.523. The van der Waals surface area contributed by atoms with Crippen molar-refractivity contribution in [1.82, 2.24) is 0 Å². The Kier molecular flexibility index (Phi) is 6.65. The number of nitrogens with zero attached hydrogens (tertiary/aromatic N) is 1. The first-order chi connectivity index (χ1) is 10.1. The molecule has 0 unspecified atom stereocenters. The van der Waals surface area contributed by atoms with Gasteiger partial charge in [-0.05, 0) is 32.2 Å². The maximum atomic E-state index is 2.62. The molecule has 1 aliphatic heterocycles. The highest BCUT2D eigenvalue weighted by molar-refractivity contribution is 6.58. The number of para-hydroxylation sites is 1. The highest BCUT2D eigenvalue weighted by atomic mass is 27.2.